The zero-order valence-electron chi connectivity index (χ0n) is 14.6. The van der Waals surface area contributed by atoms with Gasteiger partial charge in [0.25, 0.3) is 11.1 Å². The third kappa shape index (κ3) is 4.75. The van der Waals surface area contributed by atoms with Gasteiger partial charge in [-0.25, -0.2) is 0 Å². The number of carbonyl (C=O) groups excluding carboxylic acids is 1. The van der Waals surface area contributed by atoms with Gasteiger partial charge in [-0.1, -0.05) is 23.4 Å². The lowest BCUT2D eigenvalue weighted by molar-refractivity contribution is -0.120. The summed E-state index contributed by atoms with van der Waals surface area (Å²) in [5.41, 5.74) is 2.24. The van der Waals surface area contributed by atoms with E-state index in [2.05, 4.69) is 21.6 Å². The van der Waals surface area contributed by atoms with Gasteiger partial charge in [0.05, 0.1) is 17.1 Å². The van der Waals surface area contributed by atoms with Crippen molar-refractivity contribution in [1.82, 2.24) is 15.5 Å². The highest BCUT2D eigenvalue weighted by Gasteiger charge is 2.19. The summed E-state index contributed by atoms with van der Waals surface area (Å²) < 4.78 is 10.9. The second-order valence-corrected chi connectivity index (χ2v) is 7.46. The summed E-state index contributed by atoms with van der Waals surface area (Å²) in [6.07, 6.45) is 9.72. The molecule has 0 radical (unpaired) electrons. The van der Waals surface area contributed by atoms with Gasteiger partial charge in [-0.05, 0) is 52.0 Å². The van der Waals surface area contributed by atoms with Crippen LogP contribution in [0.25, 0.3) is 11.5 Å². The first-order chi connectivity index (χ1) is 12.1. The lowest BCUT2D eigenvalue weighted by Crippen LogP contribution is -2.31. The molecule has 25 heavy (non-hydrogen) atoms. The fraction of sp³-hybridized carbons (Fsp3) is 0.500. The molecular weight excluding hydrogens is 338 g/mol. The molecule has 1 unspecified atom stereocenters. The summed E-state index contributed by atoms with van der Waals surface area (Å²) in [4.78, 5) is 12.2. The van der Waals surface area contributed by atoms with Crippen LogP contribution < -0.4 is 5.32 Å². The maximum Gasteiger partial charge on any atom is 0.277 e. The highest BCUT2D eigenvalue weighted by molar-refractivity contribution is 8.00. The summed E-state index contributed by atoms with van der Waals surface area (Å²) in [7, 11) is 0. The maximum absolute atomic E-state index is 12.2. The number of aryl methyl sites for hydroxylation is 1. The minimum Gasteiger partial charge on any atom is -0.469 e. The number of rotatable bonds is 7. The fourth-order valence-electron chi connectivity index (χ4n) is 2.80. The first kappa shape index (κ1) is 17.8. The Morgan fingerprint density at radius 3 is 3.00 bits per heavy atom. The number of furan rings is 1. The maximum atomic E-state index is 12.2. The molecule has 0 bridgehead atoms. The fourth-order valence-corrected chi connectivity index (χ4v) is 3.51. The second-order valence-electron chi connectivity index (χ2n) is 6.17. The van der Waals surface area contributed by atoms with E-state index in [1.165, 1.54) is 43.0 Å². The van der Waals surface area contributed by atoms with Gasteiger partial charge < -0.3 is 14.2 Å². The molecule has 1 amide bonds. The van der Waals surface area contributed by atoms with E-state index in [1.807, 2.05) is 13.8 Å². The van der Waals surface area contributed by atoms with Gasteiger partial charge >= 0.3 is 0 Å². The topological polar surface area (TPSA) is 81.2 Å². The summed E-state index contributed by atoms with van der Waals surface area (Å²) in [5, 5.41) is 11.1. The third-order valence-electron chi connectivity index (χ3n) is 4.27. The molecule has 1 aliphatic rings. The van der Waals surface area contributed by atoms with E-state index < -0.39 is 0 Å². The molecule has 3 rings (SSSR count). The van der Waals surface area contributed by atoms with E-state index in [-0.39, 0.29) is 11.2 Å². The van der Waals surface area contributed by atoms with E-state index in [0.29, 0.717) is 17.7 Å². The molecule has 6 nitrogen and oxygen atoms in total. The number of carbonyl (C=O) groups is 1. The van der Waals surface area contributed by atoms with Crippen LogP contribution in [0.1, 0.15) is 44.8 Å². The highest BCUT2D eigenvalue weighted by atomic mass is 32.2. The minimum absolute atomic E-state index is 0.0133. The molecule has 0 aromatic carbocycles. The lowest BCUT2D eigenvalue weighted by atomic mass is 9.97. The first-order valence-electron chi connectivity index (χ1n) is 8.63. The largest absolute Gasteiger partial charge is 0.469 e. The average Bonchev–Trinajstić information content (AvgIpc) is 3.24. The van der Waals surface area contributed by atoms with Crippen LogP contribution in [-0.2, 0) is 4.79 Å². The van der Waals surface area contributed by atoms with E-state index in [1.54, 1.807) is 12.3 Å². The SMILES string of the molecule is Cc1occc1-c1nnc(SC(C)C(=O)NCCC2=CCCCC2)o1. The Labute approximate surface area is 151 Å². The molecule has 0 fully saturated rings. The van der Waals surface area contributed by atoms with E-state index >= 15 is 0 Å². The zero-order valence-corrected chi connectivity index (χ0v) is 15.4. The highest BCUT2D eigenvalue weighted by Crippen LogP contribution is 2.28. The number of aromatic nitrogens is 2. The Balaban J connectivity index is 1.47. The zero-order chi connectivity index (χ0) is 17.6. The smallest absolute Gasteiger partial charge is 0.277 e. The molecule has 1 N–H and O–H groups in total. The van der Waals surface area contributed by atoms with Crippen LogP contribution in [0.4, 0.5) is 0 Å². The molecular formula is C18H23N3O3S. The van der Waals surface area contributed by atoms with Crippen molar-refractivity contribution < 1.29 is 13.6 Å². The van der Waals surface area contributed by atoms with Crippen molar-refractivity contribution in [2.75, 3.05) is 6.54 Å². The van der Waals surface area contributed by atoms with Crippen molar-refractivity contribution in [3.8, 4) is 11.5 Å². The number of amides is 1. The van der Waals surface area contributed by atoms with Crippen molar-refractivity contribution in [2.24, 2.45) is 0 Å². The van der Waals surface area contributed by atoms with Gasteiger partial charge in [0.1, 0.15) is 5.76 Å². The lowest BCUT2D eigenvalue weighted by Gasteiger charge is -2.14. The summed E-state index contributed by atoms with van der Waals surface area (Å²) in [5.74, 6) is 1.12. The van der Waals surface area contributed by atoms with Crippen molar-refractivity contribution in [1.29, 1.82) is 0 Å². The minimum atomic E-state index is -0.293. The molecule has 7 heteroatoms. The summed E-state index contributed by atoms with van der Waals surface area (Å²) >= 11 is 1.26. The van der Waals surface area contributed by atoms with Crippen molar-refractivity contribution in [3.63, 3.8) is 0 Å². The average molecular weight is 361 g/mol. The van der Waals surface area contributed by atoms with Crippen LogP contribution in [-0.4, -0.2) is 27.9 Å². The number of allylic oxidation sites excluding steroid dienone is 1. The predicted molar refractivity (Wildman–Crippen MR) is 96.2 cm³/mol. The molecule has 0 spiro atoms. The van der Waals surface area contributed by atoms with Gasteiger partial charge in [-0.3, -0.25) is 4.79 Å². The van der Waals surface area contributed by atoms with Gasteiger partial charge in [0, 0.05) is 6.54 Å². The normalized spacial score (nSPS) is 15.7. The Hall–Kier alpha value is -2.02. The van der Waals surface area contributed by atoms with Crippen LogP contribution >= 0.6 is 11.8 Å². The Morgan fingerprint density at radius 2 is 2.28 bits per heavy atom. The van der Waals surface area contributed by atoms with Crippen molar-refractivity contribution in [2.45, 2.75) is 56.4 Å². The molecule has 2 heterocycles. The molecule has 2 aromatic heterocycles. The van der Waals surface area contributed by atoms with E-state index in [9.17, 15) is 4.79 Å². The summed E-state index contributed by atoms with van der Waals surface area (Å²) in [6, 6.07) is 1.79. The third-order valence-corrected chi connectivity index (χ3v) is 5.21. The van der Waals surface area contributed by atoms with Gasteiger partial charge in [-0.15, -0.1) is 10.2 Å². The molecule has 0 saturated carbocycles. The monoisotopic (exact) mass is 361 g/mol. The quantitative estimate of drug-likeness (QED) is 0.590. The molecule has 1 aliphatic carbocycles. The molecule has 0 saturated heterocycles. The van der Waals surface area contributed by atoms with Crippen LogP contribution in [0.2, 0.25) is 0 Å². The van der Waals surface area contributed by atoms with Gasteiger partial charge in [0.2, 0.25) is 5.91 Å². The van der Waals surface area contributed by atoms with E-state index in [4.69, 9.17) is 8.83 Å². The Morgan fingerprint density at radius 1 is 1.40 bits per heavy atom. The van der Waals surface area contributed by atoms with Gasteiger partial charge in [0.15, 0.2) is 0 Å². The summed E-state index contributed by atoms with van der Waals surface area (Å²) in [6.45, 7) is 4.36. The molecule has 134 valence electrons. The molecule has 1 atom stereocenters. The first-order valence-corrected chi connectivity index (χ1v) is 9.51. The van der Waals surface area contributed by atoms with E-state index in [0.717, 1.165) is 17.7 Å². The predicted octanol–water partition coefficient (Wildman–Crippen LogP) is 4.13. The van der Waals surface area contributed by atoms with Crippen molar-refractivity contribution in [3.05, 3.63) is 29.7 Å². The van der Waals surface area contributed by atoms with Crippen LogP contribution in [0, 0.1) is 6.92 Å². The number of hydrogen-bond acceptors (Lipinski definition) is 6. The van der Waals surface area contributed by atoms with Crippen molar-refractivity contribution >= 4 is 17.7 Å². The Kier molecular flexibility index (Phi) is 5.96. The van der Waals surface area contributed by atoms with Crippen LogP contribution in [0.5, 0.6) is 0 Å². The van der Waals surface area contributed by atoms with Gasteiger partial charge in [-0.2, -0.15) is 0 Å². The van der Waals surface area contributed by atoms with Crippen LogP contribution in [0.15, 0.2) is 38.0 Å². The van der Waals surface area contributed by atoms with Crippen LogP contribution in [0.3, 0.4) is 0 Å². The molecule has 0 aliphatic heterocycles. The second kappa shape index (κ2) is 8.38. The molecule has 2 aromatic rings. The number of nitrogens with zero attached hydrogens (tertiary/aromatic N) is 2. The number of thioether (sulfide) groups is 1. The number of hydrogen-bond donors (Lipinski definition) is 1. The number of nitrogens with one attached hydrogen (secondary N) is 1. The standard InChI is InChI=1S/C18H23N3O3S/c1-12-15(9-11-23-12)17-20-21-18(24-17)25-13(2)16(22)19-10-8-14-6-4-3-5-7-14/h6,9,11,13H,3-5,7-8,10H2,1-2H3,(H,19,22). The Bertz CT molecular complexity index is 750.